The van der Waals surface area contributed by atoms with Gasteiger partial charge in [-0.05, 0) is 63.1 Å². The molecule has 4 aliphatic heterocycles. The van der Waals surface area contributed by atoms with Crippen molar-refractivity contribution in [2.45, 2.75) is 87.5 Å². The zero-order valence-electron chi connectivity index (χ0n) is 24.8. The zero-order valence-corrected chi connectivity index (χ0v) is 25.6. The Morgan fingerprint density at radius 1 is 1.16 bits per heavy atom. The molecule has 0 spiro atoms. The minimum atomic E-state index is -1.10. The van der Waals surface area contributed by atoms with Crippen LogP contribution in [0.15, 0.2) is 6.07 Å². The Hall–Kier alpha value is -3.14. The first kappa shape index (κ1) is 28.3. The highest BCUT2D eigenvalue weighted by Crippen LogP contribution is 2.51. The van der Waals surface area contributed by atoms with Gasteiger partial charge in [-0.1, -0.05) is 6.92 Å². The summed E-state index contributed by atoms with van der Waals surface area (Å²) in [5.41, 5.74) is 5.51. The molecule has 2 bridgehead atoms. The molecule has 3 aromatic rings. The summed E-state index contributed by atoms with van der Waals surface area (Å²) in [7, 11) is 0. The van der Waals surface area contributed by atoms with Gasteiger partial charge in [-0.15, -0.1) is 11.3 Å². The molecule has 232 valence electrons. The van der Waals surface area contributed by atoms with E-state index in [0.29, 0.717) is 72.6 Å². The number of nitriles is 1. The highest BCUT2D eigenvalue weighted by atomic mass is 32.1. The molecule has 3 unspecified atom stereocenters. The highest BCUT2D eigenvalue weighted by Gasteiger charge is 2.50. The van der Waals surface area contributed by atoms with Crippen molar-refractivity contribution in [3.63, 3.8) is 0 Å². The fourth-order valence-electron chi connectivity index (χ4n) is 8.93. The molecule has 2 aromatic heterocycles. The Morgan fingerprint density at radius 2 is 1.95 bits per heavy atom. The molecule has 0 amide bonds. The Labute approximate surface area is 258 Å². The van der Waals surface area contributed by atoms with Gasteiger partial charge >= 0.3 is 6.01 Å². The minimum Gasteiger partial charge on any atom is -0.461 e. The first-order valence-electron chi connectivity index (χ1n) is 15.7. The number of alkyl halides is 1. The minimum absolute atomic E-state index is 0.00194. The molecule has 1 aliphatic carbocycles. The van der Waals surface area contributed by atoms with Gasteiger partial charge in [0.25, 0.3) is 0 Å². The van der Waals surface area contributed by atoms with Crippen LogP contribution in [0.3, 0.4) is 0 Å². The van der Waals surface area contributed by atoms with E-state index in [1.54, 1.807) is 6.92 Å². The standard InChI is InChI=1S/C32H36F3N7OS/c1-31(7-2-4-23-24(31)21(12-36)28(37)44-23)25-22(34)10-20-27(26(25)35)39-30(40-29(20)41-14-18-5-6-19(15-41)38-18)43-16-32-8-3-9-42(32)13-17(33)11-32/h10,17-19,38H,2-9,11,13-16,37H2,1H3/t17-,18?,19?,31?,32+/m1/s1. The van der Waals surface area contributed by atoms with Crippen LogP contribution in [0.4, 0.5) is 24.0 Å². The molecule has 0 radical (unpaired) electrons. The summed E-state index contributed by atoms with van der Waals surface area (Å²) in [6.07, 6.45) is 5.25. The van der Waals surface area contributed by atoms with E-state index in [-0.39, 0.29) is 35.8 Å². The summed E-state index contributed by atoms with van der Waals surface area (Å²) in [4.78, 5) is 14.5. The van der Waals surface area contributed by atoms with Crippen LogP contribution in [0, 0.1) is 23.0 Å². The number of benzene rings is 1. The summed E-state index contributed by atoms with van der Waals surface area (Å²) in [5, 5.41) is 14.2. The second-order valence-corrected chi connectivity index (χ2v) is 14.8. The van der Waals surface area contributed by atoms with Crippen molar-refractivity contribution in [3.8, 4) is 12.1 Å². The molecule has 12 heteroatoms. The van der Waals surface area contributed by atoms with Crippen LogP contribution in [-0.2, 0) is 11.8 Å². The molecule has 8 nitrogen and oxygen atoms in total. The van der Waals surface area contributed by atoms with Crippen LogP contribution < -0.4 is 20.7 Å². The number of nitrogens with two attached hydrogens (primary N) is 1. The lowest BCUT2D eigenvalue weighted by atomic mass is 9.67. The van der Waals surface area contributed by atoms with Crippen molar-refractivity contribution >= 4 is 33.1 Å². The molecule has 6 heterocycles. The van der Waals surface area contributed by atoms with Gasteiger partial charge in [0.15, 0.2) is 5.82 Å². The number of hydrogen-bond acceptors (Lipinski definition) is 9. The van der Waals surface area contributed by atoms with Crippen LogP contribution in [-0.4, -0.2) is 71.4 Å². The number of nitrogens with zero attached hydrogens (tertiary/aromatic N) is 5. The van der Waals surface area contributed by atoms with Crippen LogP contribution in [0.5, 0.6) is 6.01 Å². The third-order valence-electron chi connectivity index (χ3n) is 10.9. The first-order valence-corrected chi connectivity index (χ1v) is 16.6. The first-order chi connectivity index (χ1) is 21.2. The number of piperazine rings is 1. The lowest BCUT2D eigenvalue weighted by Gasteiger charge is -2.36. The van der Waals surface area contributed by atoms with E-state index in [4.69, 9.17) is 15.5 Å². The number of nitrogen functional groups attached to an aromatic ring is 1. The summed E-state index contributed by atoms with van der Waals surface area (Å²) in [6.45, 7) is 4.56. The van der Waals surface area contributed by atoms with E-state index in [9.17, 15) is 9.65 Å². The van der Waals surface area contributed by atoms with Gasteiger partial charge in [0, 0.05) is 59.4 Å². The van der Waals surface area contributed by atoms with Gasteiger partial charge in [0.05, 0.1) is 11.1 Å². The van der Waals surface area contributed by atoms with Gasteiger partial charge in [-0.2, -0.15) is 15.2 Å². The van der Waals surface area contributed by atoms with Crippen molar-refractivity contribution in [3.05, 3.63) is 39.3 Å². The van der Waals surface area contributed by atoms with Crippen LogP contribution in [0.25, 0.3) is 10.9 Å². The fourth-order valence-corrected chi connectivity index (χ4v) is 10.1. The SMILES string of the molecule is CC1(c2c(F)cc3c(N4CC5CCC(C4)N5)nc(OC[C@@]45CCCN4C[C@H](F)C5)nc3c2F)CCCc2sc(N)c(C#N)c21. The van der Waals surface area contributed by atoms with Crippen LogP contribution >= 0.6 is 11.3 Å². The molecule has 4 fully saturated rings. The third-order valence-corrected chi connectivity index (χ3v) is 12.0. The smallest absolute Gasteiger partial charge is 0.319 e. The normalized spacial score (nSPS) is 31.3. The number of fused-ring (bicyclic) bond motifs is 5. The monoisotopic (exact) mass is 623 g/mol. The number of nitrogens with one attached hydrogen (secondary N) is 1. The quantitative estimate of drug-likeness (QED) is 0.411. The van der Waals surface area contributed by atoms with Crippen LogP contribution in [0.1, 0.15) is 73.4 Å². The van der Waals surface area contributed by atoms with E-state index in [0.717, 1.165) is 37.1 Å². The van der Waals surface area contributed by atoms with Gasteiger partial charge < -0.3 is 20.7 Å². The van der Waals surface area contributed by atoms with E-state index >= 15 is 8.78 Å². The number of ether oxygens (including phenoxy) is 1. The van der Waals surface area contributed by atoms with Gasteiger partial charge in [0.1, 0.15) is 41.0 Å². The average Bonchev–Trinajstić information content (AvgIpc) is 3.72. The molecule has 0 saturated carbocycles. The number of aryl methyl sites for hydroxylation is 1. The second-order valence-electron chi connectivity index (χ2n) is 13.6. The van der Waals surface area contributed by atoms with Crippen molar-refractivity contribution in [1.82, 2.24) is 20.2 Å². The highest BCUT2D eigenvalue weighted by molar-refractivity contribution is 7.16. The van der Waals surface area contributed by atoms with E-state index in [2.05, 4.69) is 26.2 Å². The van der Waals surface area contributed by atoms with Gasteiger partial charge in [-0.3, -0.25) is 4.90 Å². The maximum absolute atomic E-state index is 17.0. The maximum Gasteiger partial charge on any atom is 0.319 e. The molecule has 8 rings (SSSR count). The van der Waals surface area contributed by atoms with E-state index in [1.807, 2.05) is 0 Å². The fraction of sp³-hybridized carbons (Fsp3) is 0.594. The summed E-state index contributed by atoms with van der Waals surface area (Å²) < 4.78 is 54.1. The van der Waals surface area contributed by atoms with Crippen molar-refractivity contribution in [1.29, 1.82) is 5.26 Å². The van der Waals surface area contributed by atoms with Crippen molar-refractivity contribution in [2.24, 2.45) is 0 Å². The molecule has 4 saturated heterocycles. The topological polar surface area (TPSA) is 103 Å². The number of aromatic nitrogens is 2. The maximum atomic E-state index is 17.0. The number of anilines is 2. The number of halogens is 3. The predicted molar refractivity (Wildman–Crippen MR) is 163 cm³/mol. The lowest BCUT2D eigenvalue weighted by molar-refractivity contribution is 0.107. The Kier molecular flexibility index (Phi) is 6.56. The molecule has 3 N–H and O–H groups in total. The molecule has 5 aliphatic rings. The Morgan fingerprint density at radius 3 is 2.73 bits per heavy atom. The molecule has 44 heavy (non-hydrogen) atoms. The molecule has 5 atom stereocenters. The summed E-state index contributed by atoms with van der Waals surface area (Å²) in [5.74, 6) is -0.993. The number of thiophene rings is 1. The largest absolute Gasteiger partial charge is 0.461 e. The summed E-state index contributed by atoms with van der Waals surface area (Å²) >= 11 is 1.33. The van der Waals surface area contributed by atoms with E-state index < -0.39 is 28.8 Å². The van der Waals surface area contributed by atoms with E-state index in [1.165, 1.54) is 17.4 Å². The van der Waals surface area contributed by atoms with Gasteiger partial charge in [-0.25, -0.2) is 13.2 Å². The summed E-state index contributed by atoms with van der Waals surface area (Å²) in [6, 6.07) is 4.12. The molecular weight excluding hydrogens is 587 g/mol. The average molecular weight is 624 g/mol. The van der Waals surface area contributed by atoms with Gasteiger partial charge in [0.2, 0.25) is 0 Å². The Balaban J connectivity index is 1.27. The van der Waals surface area contributed by atoms with Crippen LogP contribution in [0.2, 0.25) is 0 Å². The Bertz CT molecular complexity index is 1700. The molecular formula is C32H36F3N7OS. The lowest BCUT2D eigenvalue weighted by Crippen LogP contribution is -2.51. The molecule has 1 aromatic carbocycles. The zero-order chi connectivity index (χ0) is 30.4. The van der Waals surface area contributed by atoms with Crippen molar-refractivity contribution in [2.75, 3.05) is 43.4 Å². The predicted octanol–water partition coefficient (Wildman–Crippen LogP) is 4.96. The number of hydrogen-bond donors (Lipinski definition) is 2. The second kappa shape index (κ2) is 10.2. The third kappa shape index (κ3) is 4.22. The number of rotatable bonds is 5. The van der Waals surface area contributed by atoms with Crippen molar-refractivity contribution < 1.29 is 17.9 Å².